The zero-order valence-corrected chi connectivity index (χ0v) is 24.5. The van der Waals surface area contributed by atoms with E-state index in [1.807, 2.05) is 60.7 Å². The largest absolute Gasteiger partial charge is 1.00 e. The standard InChI is InChI=1S/C32H44NO4.BrH/c1-33(2,21-12-22-36-27-17-10-5-11-18-27)30-24-19-20-28(30)29(23-24)37-31(34)32(35,25-13-6-3-7-14-25)26-15-8-4-9-16-26;/h3,5-7,10-11,13-14,17-18,24,26,28-30,35H,4,8-9,12,15-16,19-23H2,1-2H3;1H/q+1;/p-1. The van der Waals surface area contributed by atoms with E-state index < -0.39 is 11.6 Å². The maximum absolute atomic E-state index is 13.8. The molecule has 5 atom stereocenters. The molecule has 0 aromatic heterocycles. The molecule has 0 radical (unpaired) electrons. The normalized spacial score (nSPS) is 26.8. The molecule has 6 heteroatoms. The Balaban J connectivity index is 0.00000336. The lowest BCUT2D eigenvalue weighted by Crippen LogP contribution is -3.00. The van der Waals surface area contributed by atoms with Gasteiger partial charge < -0.3 is 36.0 Å². The van der Waals surface area contributed by atoms with Gasteiger partial charge in [0.05, 0.1) is 33.3 Å². The first-order valence-electron chi connectivity index (χ1n) is 14.4. The third kappa shape index (κ3) is 5.97. The van der Waals surface area contributed by atoms with Crippen molar-refractivity contribution in [1.82, 2.24) is 0 Å². The molecule has 5 nitrogen and oxygen atoms in total. The summed E-state index contributed by atoms with van der Waals surface area (Å²) in [5.74, 6) is 1.33. The summed E-state index contributed by atoms with van der Waals surface area (Å²) in [6.07, 6.45) is 9.13. The summed E-state index contributed by atoms with van der Waals surface area (Å²) < 4.78 is 13.2. The van der Waals surface area contributed by atoms with Crippen LogP contribution in [0.3, 0.4) is 0 Å². The minimum Gasteiger partial charge on any atom is -1.00 e. The van der Waals surface area contributed by atoms with Gasteiger partial charge in [0.2, 0.25) is 0 Å². The molecule has 0 saturated heterocycles. The van der Waals surface area contributed by atoms with Gasteiger partial charge >= 0.3 is 5.97 Å². The number of quaternary nitrogens is 1. The van der Waals surface area contributed by atoms with Crippen molar-refractivity contribution in [3.8, 4) is 5.75 Å². The van der Waals surface area contributed by atoms with E-state index in [1.54, 1.807) is 0 Å². The smallest absolute Gasteiger partial charge is 0.343 e. The number of nitrogens with zero attached hydrogens (tertiary/aromatic N) is 1. The van der Waals surface area contributed by atoms with Crippen molar-refractivity contribution in [2.45, 2.75) is 75.5 Å². The monoisotopic (exact) mass is 585 g/mol. The molecule has 1 N–H and O–H groups in total. The molecule has 208 valence electrons. The number of carbonyl (C=O) groups excluding carboxylic acids is 1. The molecule has 0 aliphatic heterocycles. The van der Waals surface area contributed by atoms with Crippen molar-refractivity contribution in [3.05, 3.63) is 66.2 Å². The van der Waals surface area contributed by atoms with E-state index in [2.05, 4.69) is 14.1 Å². The van der Waals surface area contributed by atoms with Gasteiger partial charge in [-0.2, -0.15) is 0 Å². The van der Waals surface area contributed by atoms with E-state index in [1.165, 1.54) is 12.8 Å². The molecule has 3 aliphatic rings. The molecule has 2 aromatic rings. The number of hydrogen-bond acceptors (Lipinski definition) is 4. The maximum Gasteiger partial charge on any atom is 0.343 e. The maximum atomic E-state index is 13.8. The van der Waals surface area contributed by atoms with Crippen LogP contribution in [0.1, 0.15) is 63.4 Å². The molecule has 3 aliphatic carbocycles. The Labute approximate surface area is 238 Å². The molecule has 0 heterocycles. The first-order chi connectivity index (χ1) is 17.9. The molecule has 5 unspecified atom stereocenters. The molecular weight excluding hydrogens is 542 g/mol. The van der Waals surface area contributed by atoms with Gasteiger partial charge in [0.15, 0.2) is 5.60 Å². The van der Waals surface area contributed by atoms with Crippen LogP contribution in [0.5, 0.6) is 5.75 Å². The Morgan fingerprint density at radius 3 is 2.29 bits per heavy atom. The van der Waals surface area contributed by atoms with Crippen LogP contribution >= 0.6 is 0 Å². The van der Waals surface area contributed by atoms with E-state index in [9.17, 15) is 9.90 Å². The quantitative estimate of drug-likeness (QED) is 0.265. The fourth-order valence-electron chi connectivity index (χ4n) is 7.75. The Kier molecular flexibility index (Phi) is 9.59. The molecule has 38 heavy (non-hydrogen) atoms. The van der Waals surface area contributed by atoms with Crippen LogP contribution in [0.4, 0.5) is 0 Å². The summed E-state index contributed by atoms with van der Waals surface area (Å²) in [7, 11) is 4.65. The number of benzene rings is 2. The summed E-state index contributed by atoms with van der Waals surface area (Å²) in [5, 5.41) is 12.0. The first-order valence-corrected chi connectivity index (χ1v) is 14.4. The molecule has 0 amide bonds. The van der Waals surface area contributed by atoms with Gasteiger partial charge in [0.1, 0.15) is 11.9 Å². The van der Waals surface area contributed by atoms with Gasteiger partial charge in [-0.1, -0.05) is 67.8 Å². The average Bonchev–Trinajstić information content (AvgIpc) is 3.51. The van der Waals surface area contributed by atoms with Crippen LogP contribution in [-0.4, -0.2) is 55.0 Å². The van der Waals surface area contributed by atoms with Crippen LogP contribution < -0.4 is 21.7 Å². The van der Waals surface area contributed by atoms with E-state index >= 15 is 0 Å². The van der Waals surface area contributed by atoms with Gasteiger partial charge in [-0.05, 0) is 49.8 Å². The molecule has 5 rings (SSSR count). The Morgan fingerprint density at radius 2 is 1.61 bits per heavy atom. The highest BCUT2D eigenvalue weighted by molar-refractivity contribution is 5.81. The lowest BCUT2D eigenvalue weighted by molar-refractivity contribution is -0.919. The van der Waals surface area contributed by atoms with Gasteiger partial charge in [-0.3, -0.25) is 0 Å². The molecule has 2 aromatic carbocycles. The molecule has 2 bridgehead atoms. The van der Waals surface area contributed by atoms with Crippen molar-refractivity contribution < 1.29 is 40.8 Å². The molecule has 3 saturated carbocycles. The van der Waals surface area contributed by atoms with E-state index in [-0.39, 0.29) is 29.0 Å². The van der Waals surface area contributed by atoms with Crippen molar-refractivity contribution in [2.24, 2.45) is 17.8 Å². The summed E-state index contributed by atoms with van der Waals surface area (Å²) in [5.41, 5.74) is -0.876. The first kappa shape index (κ1) is 29.1. The van der Waals surface area contributed by atoms with Gasteiger partial charge in [-0.15, -0.1) is 0 Å². The van der Waals surface area contributed by atoms with Crippen LogP contribution in [-0.2, 0) is 15.1 Å². The second-order valence-electron chi connectivity index (χ2n) is 12.2. The van der Waals surface area contributed by atoms with E-state index in [4.69, 9.17) is 9.47 Å². The summed E-state index contributed by atoms with van der Waals surface area (Å²) in [6.45, 7) is 1.73. The fourth-order valence-corrected chi connectivity index (χ4v) is 7.75. The molecular formula is C32H44BrNO4. The average molecular weight is 587 g/mol. The zero-order chi connectivity index (χ0) is 25.9. The van der Waals surface area contributed by atoms with Crippen molar-refractivity contribution in [3.63, 3.8) is 0 Å². The summed E-state index contributed by atoms with van der Waals surface area (Å²) >= 11 is 0. The van der Waals surface area contributed by atoms with Crippen LogP contribution in [0.15, 0.2) is 60.7 Å². The minimum atomic E-state index is -1.56. The molecule has 3 fully saturated rings. The Hall–Kier alpha value is -1.89. The molecule has 0 spiro atoms. The number of ether oxygens (including phenoxy) is 2. The highest BCUT2D eigenvalue weighted by atomic mass is 79.9. The number of carbonyl (C=O) groups is 1. The van der Waals surface area contributed by atoms with Crippen molar-refractivity contribution >= 4 is 5.97 Å². The lowest BCUT2D eigenvalue weighted by atomic mass is 9.73. The minimum absolute atomic E-state index is 0. The number of rotatable bonds is 10. The number of aliphatic hydroxyl groups is 1. The third-order valence-electron chi connectivity index (χ3n) is 9.48. The number of hydrogen-bond donors (Lipinski definition) is 1. The van der Waals surface area contributed by atoms with Gasteiger partial charge in [0, 0.05) is 24.2 Å². The van der Waals surface area contributed by atoms with Crippen LogP contribution in [0.25, 0.3) is 0 Å². The number of esters is 1. The Bertz CT molecular complexity index is 1030. The zero-order valence-electron chi connectivity index (χ0n) is 22.9. The van der Waals surface area contributed by atoms with E-state index in [0.717, 1.165) is 61.7 Å². The fraction of sp³-hybridized carbons (Fsp3) is 0.594. The predicted molar refractivity (Wildman–Crippen MR) is 145 cm³/mol. The van der Waals surface area contributed by atoms with Gasteiger partial charge in [-0.25, -0.2) is 4.79 Å². The Morgan fingerprint density at radius 1 is 0.947 bits per heavy atom. The third-order valence-corrected chi connectivity index (χ3v) is 9.48. The van der Waals surface area contributed by atoms with Crippen LogP contribution in [0, 0.1) is 17.8 Å². The number of fused-ring (bicyclic) bond motifs is 2. The topological polar surface area (TPSA) is 55.8 Å². The highest BCUT2D eigenvalue weighted by Crippen LogP contribution is 2.51. The van der Waals surface area contributed by atoms with Crippen molar-refractivity contribution in [2.75, 3.05) is 27.2 Å². The highest BCUT2D eigenvalue weighted by Gasteiger charge is 2.58. The number of halogens is 1. The van der Waals surface area contributed by atoms with E-state index in [0.29, 0.717) is 30.0 Å². The van der Waals surface area contributed by atoms with Gasteiger partial charge in [0.25, 0.3) is 0 Å². The summed E-state index contributed by atoms with van der Waals surface area (Å²) in [6, 6.07) is 20.0. The predicted octanol–water partition coefficient (Wildman–Crippen LogP) is 2.71. The van der Waals surface area contributed by atoms with Crippen LogP contribution in [0.2, 0.25) is 0 Å². The SMILES string of the molecule is C[N+](C)(CCCOc1ccccc1)C1C2CCC1C(OC(=O)C(O)(c1ccccc1)C1CCCCC1)C2.[Br-]. The van der Waals surface area contributed by atoms with Crippen molar-refractivity contribution in [1.29, 1.82) is 0 Å². The lowest BCUT2D eigenvalue weighted by Gasteiger charge is -2.40. The second-order valence-corrected chi connectivity index (χ2v) is 12.2. The number of para-hydroxylation sites is 1. The summed E-state index contributed by atoms with van der Waals surface area (Å²) in [4.78, 5) is 13.8. The second kappa shape index (κ2) is 12.5.